The van der Waals surface area contributed by atoms with Gasteiger partial charge in [-0.2, -0.15) is 0 Å². The minimum Gasteiger partial charge on any atom is -0.335 e. The molecule has 0 bridgehead atoms. The van der Waals surface area contributed by atoms with Crippen LogP contribution >= 0.6 is 0 Å². The zero-order chi connectivity index (χ0) is 20.5. The number of pyridine rings is 2. The number of rotatable bonds is 4. The molecular weight excluding hydrogens is 380 g/mol. The van der Waals surface area contributed by atoms with Crippen LogP contribution in [0.2, 0.25) is 0 Å². The topological polar surface area (TPSA) is 105 Å². The fraction of sp³-hybridized carbons (Fsp3) is 0.0909. The van der Waals surface area contributed by atoms with E-state index in [0.29, 0.717) is 17.9 Å². The molecule has 1 atom stereocenters. The number of hydrogen-bond donors (Lipinski definition) is 3. The van der Waals surface area contributed by atoms with E-state index in [2.05, 4.69) is 42.3 Å². The molecule has 1 unspecified atom stereocenters. The predicted octanol–water partition coefficient (Wildman–Crippen LogP) is 3.02. The highest BCUT2D eigenvalue weighted by Gasteiger charge is 2.28. The van der Waals surface area contributed by atoms with Crippen LogP contribution in [-0.2, 0) is 0 Å². The first-order chi connectivity index (χ1) is 14.7. The maximum atomic E-state index is 12.4. The molecule has 1 aliphatic heterocycles. The molecule has 1 aliphatic rings. The second-order valence-electron chi connectivity index (χ2n) is 7.00. The Kier molecular flexibility index (Phi) is 4.36. The molecular formula is C22H18N6O2. The van der Waals surface area contributed by atoms with Gasteiger partial charge in [-0.05, 0) is 23.8 Å². The number of imidazole rings is 1. The third-order valence-electron chi connectivity index (χ3n) is 5.15. The lowest BCUT2D eigenvalue weighted by molar-refractivity contribution is 0.251. The second-order valence-corrected chi connectivity index (χ2v) is 7.00. The van der Waals surface area contributed by atoms with Gasteiger partial charge in [0.2, 0.25) is 5.56 Å². The molecule has 8 nitrogen and oxygen atoms in total. The number of H-pyrrole nitrogens is 1. The van der Waals surface area contributed by atoms with Gasteiger partial charge in [0.05, 0.1) is 41.8 Å². The molecule has 0 spiro atoms. The molecule has 8 heteroatoms. The van der Waals surface area contributed by atoms with Crippen LogP contribution in [0.1, 0.15) is 11.6 Å². The van der Waals surface area contributed by atoms with Gasteiger partial charge in [-0.1, -0.05) is 24.3 Å². The summed E-state index contributed by atoms with van der Waals surface area (Å²) in [6.45, 7) is 0.440. The number of nitrogens with zero attached hydrogens (tertiary/aromatic N) is 3. The molecule has 3 N–H and O–H groups in total. The van der Waals surface area contributed by atoms with E-state index in [-0.39, 0.29) is 17.6 Å². The Morgan fingerprint density at radius 2 is 2.00 bits per heavy atom. The Balaban J connectivity index is 1.24. The second kappa shape index (κ2) is 7.32. The number of nitrogens with one attached hydrogen (secondary N) is 3. The number of aromatic amines is 1. The molecule has 30 heavy (non-hydrogen) atoms. The van der Waals surface area contributed by atoms with Gasteiger partial charge in [0, 0.05) is 29.9 Å². The molecule has 0 saturated carbocycles. The Bertz CT molecular complexity index is 1250. The third-order valence-corrected chi connectivity index (χ3v) is 5.15. The summed E-state index contributed by atoms with van der Waals surface area (Å²) in [6, 6.07) is 14.5. The average molecular weight is 398 g/mol. The first-order valence-electron chi connectivity index (χ1n) is 9.50. The van der Waals surface area contributed by atoms with Crippen molar-refractivity contribution in [3.05, 3.63) is 89.4 Å². The van der Waals surface area contributed by atoms with E-state index in [4.69, 9.17) is 0 Å². The van der Waals surface area contributed by atoms with Crippen LogP contribution in [0, 0.1) is 0 Å². The lowest BCUT2D eigenvalue weighted by Crippen LogP contribution is -2.33. The van der Waals surface area contributed by atoms with Gasteiger partial charge in [0.15, 0.2) is 0 Å². The number of carbonyl (C=O) groups excluding carboxylic acids is 1. The van der Waals surface area contributed by atoms with Crippen molar-refractivity contribution in [1.29, 1.82) is 0 Å². The van der Waals surface area contributed by atoms with E-state index in [1.807, 2.05) is 18.3 Å². The van der Waals surface area contributed by atoms with E-state index in [0.717, 1.165) is 16.8 Å². The summed E-state index contributed by atoms with van der Waals surface area (Å²) < 4.78 is 2.07. The van der Waals surface area contributed by atoms with Gasteiger partial charge >= 0.3 is 6.03 Å². The van der Waals surface area contributed by atoms with Crippen molar-refractivity contribution in [2.24, 2.45) is 0 Å². The highest BCUT2D eigenvalue weighted by atomic mass is 16.2. The van der Waals surface area contributed by atoms with E-state index >= 15 is 0 Å². The molecule has 4 aromatic rings. The zero-order valence-corrected chi connectivity index (χ0v) is 15.9. The van der Waals surface area contributed by atoms with Crippen LogP contribution in [0.3, 0.4) is 0 Å². The standard InChI is InChI=1S/C22H18N6O2/c29-21-8-5-14(9-25-21)18-7-6-15(10-24-18)27-22(30)26-12-20-17-4-2-1-3-16(17)19-11-23-13-28(19)20/h1-11,13,20H,12H2,(H,25,29)(H2,26,27,30). The van der Waals surface area contributed by atoms with Crippen LogP contribution < -0.4 is 16.2 Å². The maximum absolute atomic E-state index is 12.4. The monoisotopic (exact) mass is 398 g/mol. The summed E-state index contributed by atoms with van der Waals surface area (Å²) in [5, 5.41) is 5.73. The number of anilines is 1. The highest BCUT2D eigenvalue weighted by Crippen LogP contribution is 2.38. The number of amides is 2. The SMILES string of the molecule is O=C(NCC1c2ccccc2-c2cncn21)Nc1ccc(-c2ccc(=O)[nH]c2)nc1. The van der Waals surface area contributed by atoms with E-state index in [9.17, 15) is 9.59 Å². The molecule has 0 radical (unpaired) electrons. The van der Waals surface area contributed by atoms with E-state index < -0.39 is 0 Å². The first-order valence-corrected chi connectivity index (χ1v) is 9.50. The molecule has 148 valence electrons. The number of carbonyl (C=O) groups is 1. The number of urea groups is 1. The molecule has 5 rings (SSSR count). The number of hydrogen-bond acceptors (Lipinski definition) is 4. The first kappa shape index (κ1) is 17.9. The van der Waals surface area contributed by atoms with Gasteiger partial charge in [-0.15, -0.1) is 0 Å². The van der Waals surface area contributed by atoms with Crippen molar-refractivity contribution < 1.29 is 4.79 Å². The highest BCUT2D eigenvalue weighted by molar-refractivity contribution is 5.89. The van der Waals surface area contributed by atoms with E-state index in [1.54, 1.807) is 36.9 Å². The Labute approximate surface area is 171 Å². The van der Waals surface area contributed by atoms with Crippen molar-refractivity contribution in [2.45, 2.75) is 6.04 Å². The number of aromatic nitrogens is 4. The van der Waals surface area contributed by atoms with Gasteiger partial charge in [0.25, 0.3) is 0 Å². The fourth-order valence-electron chi connectivity index (χ4n) is 3.71. The summed E-state index contributed by atoms with van der Waals surface area (Å²) in [5.74, 6) is 0. The molecule has 0 aliphatic carbocycles. The Morgan fingerprint density at radius 1 is 1.10 bits per heavy atom. The Hall–Kier alpha value is -4.20. The van der Waals surface area contributed by atoms with E-state index in [1.165, 1.54) is 11.6 Å². The van der Waals surface area contributed by atoms with Gasteiger partial charge in [-0.3, -0.25) is 9.78 Å². The lowest BCUT2D eigenvalue weighted by atomic mass is 10.0. The molecule has 4 heterocycles. The van der Waals surface area contributed by atoms with Crippen LogP contribution in [0.5, 0.6) is 0 Å². The van der Waals surface area contributed by atoms with Crippen LogP contribution in [0.25, 0.3) is 22.5 Å². The smallest absolute Gasteiger partial charge is 0.319 e. The number of benzene rings is 1. The average Bonchev–Trinajstić information content (AvgIpc) is 3.35. The largest absolute Gasteiger partial charge is 0.335 e. The Morgan fingerprint density at radius 3 is 2.80 bits per heavy atom. The van der Waals surface area contributed by atoms with Gasteiger partial charge in [0.1, 0.15) is 0 Å². The fourth-order valence-corrected chi connectivity index (χ4v) is 3.71. The normalized spacial score (nSPS) is 14.1. The predicted molar refractivity (Wildman–Crippen MR) is 113 cm³/mol. The lowest BCUT2D eigenvalue weighted by Gasteiger charge is -2.16. The summed E-state index contributed by atoms with van der Waals surface area (Å²) >= 11 is 0. The van der Waals surface area contributed by atoms with Gasteiger partial charge < -0.3 is 20.2 Å². The van der Waals surface area contributed by atoms with Crippen LogP contribution in [0.15, 0.2) is 78.2 Å². The molecule has 3 aromatic heterocycles. The molecule has 0 fully saturated rings. The van der Waals surface area contributed by atoms with Crippen molar-refractivity contribution in [3.8, 4) is 22.5 Å². The minimum atomic E-state index is -0.306. The summed E-state index contributed by atoms with van der Waals surface area (Å²) in [5.41, 5.74) is 5.28. The van der Waals surface area contributed by atoms with Crippen LogP contribution in [-0.4, -0.2) is 32.1 Å². The molecule has 1 aromatic carbocycles. The van der Waals surface area contributed by atoms with Crippen molar-refractivity contribution in [1.82, 2.24) is 24.8 Å². The van der Waals surface area contributed by atoms with Crippen molar-refractivity contribution >= 4 is 11.7 Å². The van der Waals surface area contributed by atoms with Crippen LogP contribution in [0.4, 0.5) is 10.5 Å². The minimum absolute atomic E-state index is 0.00480. The molecule has 2 amide bonds. The quantitative estimate of drug-likeness (QED) is 0.491. The number of fused-ring (bicyclic) bond motifs is 3. The van der Waals surface area contributed by atoms with Crippen molar-refractivity contribution in [2.75, 3.05) is 11.9 Å². The zero-order valence-electron chi connectivity index (χ0n) is 15.9. The summed E-state index contributed by atoms with van der Waals surface area (Å²) in [4.78, 5) is 34.8. The van der Waals surface area contributed by atoms with Gasteiger partial charge in [-0.25, -0.2) is 9.78 Å². The summed E-state index contributed by atoms with van der Waals surface area (Å²) in [6.07, 6.45) is 6.82. The van der Waals surface area contributed by atoms with Crippen molar-refractivity contribution in [3.63, 3.8) is 0 Å². The maximum Gasteiger partial charge on any atom is 0.319 e. The summed E-state index contributed by atoms with van der Waals surface area (Å²) in [7, 11) is 0. The third kappa shape index (κ3) is 3.24. The molecule has 0 saturated heterocycles.